The minimum absolute atomic E-state index is 0.862. The maximum atomic E-state index is 6.57. The van der Waals surface area contributed by atoms with Crippen LogP contribution in [0.5, 0.6) is 0 Å². The van der Waals surface area contributed by atoms with Crippen molar-refractivity contribution in [2.75, 3.05) is 4.90 Å². The Labute approximate surface area is 318 Å². The lowest BCUT2D eigenvalue weighted by Gasteiger charge is -2.26. The zero-order valence-corrected chi connectivity index (χ0v) is 29.9. The standard InChI is InChI=1S/C52H34N2O/c1-3-14-36(15-4-1)45-33-38(32-37-16-7-8-19-42(37)45)35-26-28-40(29-27-35)53(39-17-5-2-6-18-39)41-30-31-50-46(34-41)52-49(24-13-25-51(52)55-50)54-47-22-11-9-20-43(47)44-21-10-12-23-48(44)54/h1-34H. The minimum Gasteiger partial charge on any atom is -0.456 e. The summed E-state index contributed by atoms with van der Waals surface area (Å²) in [7, 11) is 0. The SMILES string of the molecule is c1ccc(-c2cc(-c3ccc(N(c4ccccc4)c4ccc5oc6cccc(-n7c8ccccc8c8ccccc87)c6c5c4)cc3)cc3ccccc23)cc1. The molecule has 0 atom stereocenters. The predicted octanol–water partition coefficient (Wildman–Crippen LogP) is 14.6. The number of fused-ring (bicyclic) bond motifs is 7. The summed E-state index contributed by atoms with van der Waals surface area (Å²) >= 11 is 0. The third kappa shape index (κ3) is 5.13. The van der Waals surface area contributed by atoms with E-state index in [1.807, 2.05) is 0 Å². The molecule has 2 aromatic heterocycles. The zero-order valence-electron chi connectivity index (χ0n) is 29.9. The van der Waals surface area contributed by atoms with Crippen LogP contribution in [-0.4, -0.2) is 4.57 Å². The maximum Gasteiger partial charge on any atom is 0.137 e. The van der Waals surface area contributed by atoms with Crippen LogP contribution in [0.4, 0.5) is 17.1 Å². The van der Waals surface area contributed by atoms with E-state index >= 15 is 0 Å². The van der Waals surface area contributed by atoms with Gasteiger partial charge >= 0.3 is 0 Å². The van der Waals surface area contributed by atoms with Gasteiger partial charge in [0, 0.05) is 33.2 Å². The Bertz CT molecular complexity index is 3140. The summed E-state index contributed by atoms with van der Waals surface area (Å²) in [6, 6.07) is 73.8. The van der Waals surface area contributed by atoms with E-state index in [1.54, 1.807) is 0 Å². The molecule has 3 heteroatoms. The Morgan fingerprint density at radius 3 is 1.73 bits per heavy atom. The van der Waals surface area contributed by atoms with Gasteiger partial charge in [-0.2, -0.15) is 0 Å². The van der Waals surface area contributed by atoms with Crippen LogP contribution in [0, 0.1) is 0 Å². The Morgan fingerprint density at radius 2 is 0.982 bits per heavy atom. The smallest absolute Gasteiger partial charge is 0.137 e. The molecular formula is C52H34N2O. The second-order valence-corrected chi connectivity index (χ2v) is 14.1. The molecule has 0 amide bonds. The zero-order chi connectivity index (χ0) is 36.3. The van der Waals surface area contributed by atoms with Gasteiger partial charge in [-0.25, -0.2) is 0 Å². The lowest BCUT2D eigenvalue weighted by Crippen LogP contribution is -2.09. The first-order chi connectivity index (χ1) is 27.3. The molecule has 0 N–H and O–H groups in total. The first kappa shape index (κ1) is 31.2. The average Bonchev–Trinajstić information content (AvgIpc) is 3.80. The molecule has 0 unspecified atom stereocenters. The van der Waals surface area contributed by atoms with Crippen LogP contribution in [0.2, 0.25) is 0 Å². The number of hydrogen-bond acceptors (Lipinski definition) is 2. The summed E-state index contributed by atoms with van der Waals surface area (Å²) in [5, 5.41) is 7.14. The molecule has 0 aliphatic heterocycles. The van der Waals surface area contributed by atoms with Gasteiger partial charge in [-0.1, -0.05) is 127 Å². The molecule has 0 bridgehead atoms. The topological polar surface area (TPSA) is 21.3 Å². The number of furan rings is 1. The van der Waals surface area contributed by atoms with Gasteiger partial charge in [0.15, 0.2) is 0 Å². The van der Waals surface area contributed by atoms with Crippen molar-refractivity contribution in [3.8, 4) is 27.9 Å². The van der Waals surface area contributed by atoms with E-state index in [0.29, 0.717) is 0 Å². The number of anilines is 3. The molecule has 0 saturated heterocycles. The Hall–Kier alpha value is -7.36. The molecule has 258 valence electrons. The van der Waals surface area contributed by atoms with E-state index in [2.05, 4.69) is 216 Å². The fraction of sp³-hybridized carbons (Fsp3) is 0. The lowest BCUT2D eigenvalue weighted by atomic mass is 9.93. The molecule has 0 fully saturated rings. The van der Waals surface area contributed by atoms with Crippen LogP contribution < -0.4 is 4.90 Å². The monoisotopic (exact) mass is 702 g/mol. The Balaban J connectivity index is 1.06. The van der Waals surface area contributed by atoms with Crippen molar-refractivity contribution in [2.45, 2.75) is 0 Å². The maximum absolute atomic E-state index is 6.57. The van der Waals surface area contributed by atoms with E-state index in [-0.39, 0.29) is 0 Å². The number of aromatic nitrogens is 1. The summed E-state index contributed by atoms with van der Waals surface area (Å²) in [6.07, 6.45) is 0. The molecular weight excluding hydrogens is 669 g/mol. The summed E-state index contributed by atoms with van der Waals surface area (Å²) in [5.74, 6) is 0. The van der Waals surface area contributed by atoms with Crippen molar-refractivity contribution >= 4 is 71.6 Å². The number of benzene rings is 9. The highest BCUT2D eigenvalue weighted by molar-refractivity contribution is 6.15. The molecule has 11 aromatic rings. The summed E-state index contributed by atoms with van der Waals surface area (Å²) in [4.78, 5) is 2.33. The molecule has 2 heterocycles. The van der Waals surface area contributed by atoms with Crippen molar-refractivity contribution in [3.63, 3.8) is 0 Å². The van der Waals surface area contributed by atoms with Gasteiger partial charge in [0.1, 0.15) is 11.2 Å². The van der Waals surface area contributed by atoms with Crippen molar-refractivity contribution in [2.24, 2.45) is 0 Å². The van der Waals surface area contributed by atoms with Gasteiger partial charge in [0.05, 0.1) is 22.1 Å². The van der Waals surface area contributed by atoms with Crippen LogP contribution in [0.25, 0.3) is 82.5 Å². The van der Waals surface area contributed by atoms with Gasteiger partial charge in [-0.05, 0) is 112 Å². The predicted molar refractivity (Wildman–Crippen MR) is 231 cm³/mol. The summed E-state index contributed by atoms with van der Waals surface area (Å²) in [5.41, 5.74) is 13.2. The van der Waals surface area contributed by atoms with Crippen LogP contribution in [0.1, 0.15) is 0 Å². The second kappa shape index (κ2) is 12.6. The molecule has 3 nitrogen and oxygen atoms in total. The third-order valence-electron chi connectivity index (χ3n) is 11.0. The van der Waals surface area contributed by atoms with Crippen molar-refractivity contribution in [3.05, 3.63) is 206 Å². The molecule has 0 aliphatic carbocycles. The third-order valence-corrected chi connectivity index (χ3v) is 11.0. The molecule has 0 saturated carbocycles. The molecule has 0 radical (unpaired) electrons. The molecule has 55 heavy (non-hydrogen) atoms. The first-order valence-electron chi connectivity index (χ1n) is 18.8. The van der Waals surface area contributed by atoms with Crippen molar-refractivity contribution in [1.82, 2.24) is 4.57 Å². The second-order valence-electron chi connectivity index (χ2n) is 14.1. The van der Waals surface area contributed by atoms with E-state index < -0.39 is 0 Å². The average molecular weight is 703 g/mol. The van der Waals surface area contributed by atoms with Gasteiger partial charge < -0.3 is 13.9 Å². The van der Waals surface area contributed by atoms with Gasteiger partial charge in [0.2, 0.25) is 0 Å². The van der Waals surface area contributed by atoms with Crippen LogP contribution >= 0.6 is 0 Å². The Kier molecular flexibility index (Phi) is 7.17. The quantitative estimate of drug-likeness (QED) is 0.172. The van der Waals surface area contributed by atoms with Crippen LogP contribution in [0.3, 0.4) is 0 Å². The van der Waals surface area contributed by atoms with E-state index in [9.17, 15) is 0 Å². The fourth-order valence-corrected chi connectivity index (χ4v) is 8.46. The molecule has 11 rings (SSSR count). The highest BCUT2D eigenvalue weighted by Crippen LogP contribution is 2.43. The number of nitrogens with zero attached hydrogens (tertiary/aromatic N) is 2. The van der Waals surface area contributed by atoms with Crippen LogP contribution in [-0.2, 0) is 0 Å². The number of para-hydroxylation sites is 3. The fourth-order valence-electron chi connectivity index (χ4n) is 8.46. The van der Waals surface area contributed by atoms with Gasteiger partial charge in [0.25, 0.3) is 0 Å². The molecule has 0 aliphatic rings. The highest BCUT2D eigenvalue weighted by Gasteiger charge is 2.20. The van der Waals surface area contributed by atoms with Crippen LogP contribution in [0.15, 0.2) is 211 Å². The lowest BCUT2D eigenvalue weighted by molar-refractivity contribution is 0.669. The van der Waals surface area contributed by atoms with E-state index in [0.717, 1.165) is 44.7 Å². The first-order valence-corrected chi connectivity index (χ1v) is 18.8. The minimum atomic E-state index is 0.862. The summed E-state index contributed by atoms with van der Waals surface area (Å²) < 4.78 is 8.95. The highest BCUT2D eigenvalue weighted by atomic mass is 16.3. The van der Waals surface area contributed by atoms with E-state index in [1.165, 1.54) is 54.8 Å². The van der Waals surface area contributed by atoms with Gasteiger partial charge in [-0.3, -0.25) is 0 Å². The molecule has 0 spiro atoms. The van der Waals surface area contributed by atoms with E-state index in [4.69, 9.17) is 4.42 Å². The summed E-state index contributed by atoms with van der Waals surface area (Å²) in [6.45, 7) is 0. The Morgan fingerprint density at radius 1 is 0.364 bits per heavy atom. The largest absolute Gasteiger partial charge is 0.456 e. The van der Waals surface area contributed by atoms with Gasteiger partial charge in [-0.15, -0.1) is 0 Å². The number of rotatable bonds is 6. The van der Waals surface area contributed by atoms with Crippen molar-refractivity contribution < 1.29 is 4.42 Å². The van der Waals surface area contributed by atoms with Crippen molar-refractivity contribution in [1.29, 1.82) is 0 Å². The number of hydrogen-bond donors (Lipinski definition) is 0. The molecule has 9 aromatic carbocycles. The normalized spacial score (nSPS) is 11.6.